The highest BCUT2D eigenvalue weighted by Gasteiger charge is 2.10. The van der Waals surface area contributed by atoms with E-state index in [2.05, 4.69) is 15.9 Å². The van der Waals surface area contributed by atoms with E-state index in [1.165, 1.54) is 6.20 Å². The average molecular weight is 219 g/mol. The summed E-state index contributed by atoms with van der Waals surface area (Å²) in [7, 11) is 1.58. The molecule has 0 saturated heterocycles. The first-order valence-electron chi connectivity index (χ1n) is 3.10. The molecule has 1 heterocycles. The van der Waals surface area contributed by atoms with Crippen LogP contribution in [0.15, 0.2) is 16.7 Å². The van der Waals surface area contributed by atoms with Crippen molar-refractivity contribution in [3.63, 3.8) is 0 Å². The first kappa shape index (κ1) is 8.33. The Labute approximate surface area is 73.3 Å². The van der Waals surface area contributed by atoms with E-state index in [0.717, 1.165) is 14.9 Å². The molecule has 1 aromatic heterocycles. The normalized spacial score (nSPS) is 9.73. The molecular formula is C7H9BrNO2+. The minimum Gasteiger partial charge on any atom is -0.495 e. The van der Waals surface area contributed by atoms with Crippen LogP contribution >= 0.6 is 15.9 Å². The number of methoxy groups -OCH3 is 1. The standard InChI is InChI=1S/C7H9BrNO2/c1-5-3-7(11-2)6(8)4-9(5)10/h3-4,10H,1-2H3/q+1. The first-order valence-corrected chi connectivity index (χ1v) is 3.89. The van der Waals surface area contributed by atoms with Crippen LogP contribution in [0.5, 0.6) is 5.75 Å². The summed E-state index contributed by atoms with van der Waals surface area (Å²) in [6.45, 7) is 1.79. The van der Waals surface area contributed by atoms with Gasteiger partial charge < -0.3 is 4.74 Å². The van der Waals surface area contributed by atoms with Gasteiger partial charge in [-0.1, -0.05) is 0 Å². The van der Waals surface area contributed by atoms with Crippen LogP contribution in [0.3, 0.4) is 0 Å². The second kappa shape index (κ2) is 3.09. The molecular weight excluding hydrogens is 210 g/mol. The van der Waals surface area contributed by atoms with Crippen molar-refractivity contribution < 1.29 is 14.7 Å². The lowest BCUT2D eigenvalue weighted by Gasteiger charge is -1.99. The number of hydrogen-bond donors (Lipinski definition) is 1. The zero-order valence-electron chi connectivity index (χ0n) is 6.34. The molecule has 0 saturated carbocycles. The van der Waals surface area contributed by atoms with E-state index in [9.17, 15) is 0 Å². The van der Waals surface area contributed by atoms with Crippen molar-refractivity contribution in [1.29, 1.82) is 0 Å². The predicted octanol–water partition coefficient (Wildman–Crippen LogP) is 1.29. The van der Waals surface area contributed by atoms with E-state index in [4.69, 9.17) is 9.94 Å². The van der Waals surface area contributed by atoms with Crippen molar-refractivity contribution >= 4 is 15.9 Å². The first-order chi connectivity index (χ1) is 5.15. The van der Waals surface area contributed by atoms with Gasteiger partial charge in [0.1, 0.15) is 10.2 Å². The Kier molecular flexibility index (Phi) is 2.34. The maximum atomic E-state index is 9.15. The number of rotatable bonds is 1. The molecule has 0 aliphatic heterocycles. The van der Waals surface area contributed by atoms with E-state index < -0.39 is 0 Å². The van der Waals surface area contributed by atoms with Crippen LogP contribution in [-0.4, -0.2) is 12.3 Å². The second-order valence-electron chi connectivity index (χ2n) is 2.18. The summed E-state index contributed by atoms with van der Waals surface area (Å²) in [6, 6.07) is 1.74. The summed E-state index contributed by atoms with van der Waals surface area (Å²) in [5.41, 5.74) is 0.727. The predicted molar refractivity (Wildman–Crippen MR) is 42.8 cm³/mol. The Balaban J connectivity index is 3.21. The van der Waals surface area contributed by atoms with E-state index in [1.807, 2.05) is 0 Å². The van der Waals surface area contributed by atoms with Crippen molar-refractivity contribution in [2.45, 2.75) is 6.92 Å². The van der Waals surface area contributed by atoms with Gasteiger partial charge in [-0.25, -0.2) is 0 Å². The summed E-state index contributed by atoms with van der Waals surface area (Å²) in [5, 5.41) is 9.15. The maximum absolute atomic E-state index is 9.15. The number of nitrogens with zero attached hydrogens (tertiary/aromatic N) is 1. The molecule has 0 aliphatic rings. The molecule has 11 heavy (non-hydrogen) atoms. The Bertz CT molecular complexity index is 275. The molecule has 1 N–H and O–H groups in total. The largest absolute Gasteiger partial charge is 0.495 e. The topological polar surface area (TPSA) is 33.3 Å². The zero-order valence-corrected chi connectivity index (χ0v) is 7.92. The van der Waals surface area contributed by atoms with Crippen LogP contribution in [0.1, 0.15) is 5.69 Å². The summed E-state index contributed by atoms with van der Waals surface area (Å²) >= 11 is 3.24. The van der Waals surface area contributed by atoms with Gasteiger partial charge in [-0.2, -0.15) is 0 Å². The van der Waals surface area contributed by atoms with Gasteiger partial charge in [-0.05, 0) is 15.9 Å². The van der Waals surface area contributed by atoms with E-state index in [0.29, 0.717) is 5.75 Å². The van der Waals surface area contributed by atoms with Crippen LogP contribution in [-0.2, 0) is 0 Å². The molecule has 0 aliphatic carbocycles. The molecule has 0 unspecified atom stereocenters. The molecule has 60 valence electrons. The Morgan fingerprint density at radius 1 is 1.64 bits per heavy atom. The molecule has 0 atom stereocenters. The average Bonchev–Trinajstić information content (AvgIpc) is 1.97. The van der Waals surface area contributed by atoms with Gasteiger partial charge >= 0.3 is 0 Å². The third-order valence-electron chi connectivity index (χ3n) is 1.39. The van der Waals surface area contributed by atoms with E-state index >= 15 is 0 Å². The van der Waals surface area contributed by atoms with Crippen LogP contribution in [0, 0.1) is 6.92 Å². The highest BCUT2D eigenvalue weighted by molar-refractivity contribution is 9.10. The number of pyridine rings is 1. The molecule has 0 aromatic carbocycles. The third kappa shape index (κ3) is 1.63. The SMILES string of the molecule is COc1cc(C)[n+](O)cc1Br. The van der Waals surface area contributed by atoms with Gasteiger partial charge in [0.05, 0.1) is 13.2 Å². The highest BCUT2D eigenvalue weighted by atomic mass is 79.9. The molecule has 0 spiro atoms. The van der Waals surface area contributed by atoms with Crippen LogP contribution in [0.25, 0.3) is 0 Å². The fourth-order valence-corrected chi connectivity index (χ4v) is 1.22. The minimum atomic E-state index is 0.716. The zero-order chi connectivity index (χ0) is 8.43. The molecule has 1 aromatic rings. The van der Waals surface area contributed by atoms with Gasteiger partial charge in [0.15, 0.2) is 0 Å². The fourth-order valence-electron chi connectivity index (χ4n) is 0.754. The quantitative estimate of drug-likeness (QED) is 0.570. The number of ether oxygens (including phenoxy) is 1. The monoisotopic (exact) mass is 218 g/mol. The number of aryl methyl sites for hydroxylation is 1. The van der Waals surface area contributed by atoms with Gasteiger partial charge in [-0.3, -0.25) is 5.21 Å². The molecule has 0 amide bonds. The number of aromatic nitrogens is 1. The van der Waals surface area contributed by atoms with Gasteiger partial charge in [0.2, 0.25) is 11.9 Å². The molecule has 0 fully saturated rings. The maximum Gasteiger partial charge on any atom is 0.240 e. The van der Waals surface area contributed by atoms with Crippen molar-refractivity contribution in [3.8, 4) is 5.75 Å². The molecule has 0 bridgehead atoms. The Morgan fingerprint density at radius 2 is 2.27 bits per heavy atom. The lowest BCUT2D eigenvalue weighted by Crippen LogP contribution is -2.33. The van der Waals surface area contributed by atoms with Gasteiger partial charge in [0.25, 0.3) is 0 Å². The van der Waals surface area contributed by atoms with Crippen LogP contribution in [0.2, 0.25) is 0 Å². The lowest BCUT2D eigenvalue weighted by atomic mass is 10.3. The molecule has 4 heteroatoms. The Hall–Kier alpha value is -0.770. The number of halogens is 1. The molecule has 3 nitrogen and oxygen atoms in total. The summed E-state index contributed by atoms with van der Waals surface area (Å²) < 4.78 is 6.77. The summed E-state index contributed by atoms with van der Waals surface area (Å²) in [5.74, 6) is 0.716. The summed E-state index contributed by atoms with van der Waals surface area (Å²) in [6.07, 6.45) is 1.54. The smallest absolute Gasteiger partial charge is 0.240 e. The minimum absolute atomic E-state index is 0.716. The van der Waals surface area contributed by atoms with Crippen LogP contribution < -0.4 is 9.47 Å². The highest BCUT2D eigenvalue weighted by Crippen LogP contribution is 2.22. The fraction of sp³-hybridized carbons (Fsp3) is 0.286. The van der Waals surface area contributed by atoms with E-state index in [1.54, 1.807) is 20.1 Å². The van der Waals surface area contributed by atoms with Gasteiger partial charge in [-0.15, -0.1) is 0 Å². The van der Waals surface area contributed by atoms with E-state index in [-0.39, 0.29) is 0 Å². The second-order valence-corrected chi connectivity index (χ2v) is 3.03. The molecule has 0 radical (unpaired) electrons. The summed E-state index contributed by atoms with van der Waals surface area (Å²) in [4.78, 5) is 0. The van der Waals surface area contributed by atoms with Crippen molar-refractivity contribution in [1.82, 2.24) is 0 Å². The number of hydrogen-bond acceptors (Lipinski definition) is 2. The van der Waals surface area contributed by atoms with Gasteiger partial charge in [0, 0.05) is 11.7 Å². The third-order valence-corrected chi connectivity index (χ3v) is 1.99. The van der Waals surface area contributed by atoms with Crippen molar-refractivity contribution in [2.75, 3.05) is 7.11 Å². The van der Waals surface area contributed by atoms with Crippen molar-refractivity contribution in [3.05, 3.63) is 22.4 Å². The molecule has 1 rings (SSSR count). The lowest BCUT2D eigenvalue weighted by molar-refractivity contribution is -0.909. The van der Waals surface area contributed by atoms with Crippen molar-refractivity contribution in [2.24, 2.45) is 0 Å². The Morgan fingerprint density at radius 3 is 2.82 bits per heavy atom. The van der Waals surface area contributed by atoms with Crippen LogP contribution in [0.4, 0.5) is 0 Å².